The highest BCUT2D eigenvalue weighted by molar-refractivity contribution is 5.92. The molecule has 1 aliphatic rings. The number of nitrogens with one attached hydrogen (secondary N) is 2. The van der Waals surface area contributed by atoms with Crippen molar-refractivity contribution in [3.63, 3.8) is 0 Å². The number of aliphatic hydroxyl groups excluding tert-OH is 1. The van der Waals surface area contributed by atoms with Crippen molar-refractivity contribution in [3.8, 4) is 5.75 Å². The maximum absolute atomic E-state index is 11.5. The van der Waals surface area contributed by atoms with E-state index in [2.05, 4.69) is 15.6 Å². The third-order valence-electron chi connectivity index (χ3n) is 3.32. The van der Waals surface area contributed by atoms with Crippen molar-refractivity contribution in [2.45, 2.75) is 45.4 Å². The van der Waals surface area contributed by atoms with Gasteiger partial charge < -0.3 is 20.5 Å². The van der Waals surface area contributed by atoms with Gasteiger partial charge in [0, 0.05) is 37.5 Å². The zero-order valence-corrected chi connectivity index (χ0v) is 13.1. The summed E-state index contributed by atoms with van der Waals surface area (Å²) in [4.78, 5) is 15.6. The molecule has 1 amide bonds. The minimum atomic E-state index is -0.236. The summed E-state index contributed by atoms with van der Waals surface area (Å²) in [6.07, 6.45) is 3.04. The Bertz CT molecular complexity index is 459. The average molecular weight is 295 g/mol. The SMILES string of the molecule is CC.CNC(=O)c1cc(OC)c(CNC2CC(O)C2)cn1. The first-order chi connectivity index (χ1) is 10.1. The molecule has 3 N–H and O–H groups in total. The Kier molecular flexibility index (Phi) is 7.11. The number of aliphatic hydroxyl groups is 1. The number of carbonyl (C=O) groups is 1. The van der Waals surface area contributed by atoms with Gasteiger partial charge in [-0.3, -0.25) is 9.78 Å². The summed E-state index contributed by atoms with van der Waals surface area (Å²) in [7, 11) is 3.13. The molecule has 1 aromatic rings. The number of rotatable bonds is 5. The fraction of sp³-hybridized carbons (Fsp3) is 0.600. The average Bonchev–Trinajstić information content (AvgIpc) is 2.51. The summed E-state index contributed by atoms with van der Waals surface area (Å²) in [5, 5.41) is 15.1. The number of carbonyl (C=O) groups excluding carboxylic acids is 1. The van der Waals surface area contributed by atoms with Crippen LogP contribution in [0.2, 0.25) is 0 Å². The second-order valence-corrected chi connectivity index (χ2v) is 4.66. The molecule has 1 aromatic heterocycles. The summed E-state index contributed by atoms with van der Waals surface area (Å²) >= 11 is 0. The van der Waals surface area contributed by atoms with E-state index in [4.69, 9.17) is 4.74 Å². The monoisotopic (exact) mass is 295 g/mol. The van der Waals surface area contributed by atoms with E-state index in [-0.39, 0.29) is 12.0 Å². The lowest BCUT2D eigenvalue weighted by atomic mass is 9.89. The minimum absolute atomic E-state index is 0.173. The Hall–Kier alpha value is -1.66. The molecule has 1 aliphatic carbocycles. The molecule has 0 bridgehead atoms. The van der Waals surface area contributed by atoms with Crippen molar-refractivity contribution in [1.82, 2.24) is 15.6 Å². The molecular weight excluding hydrogens is 270 g/mol. The Morgan fingerprint density at radius 1 is 1.48 bits per heavy atom. The second-order valence-electron chi connectivity index (χ2n) is 4.66. The molecule has 0 radical (unpaired) electrons. The first-order valence-electron chi connectivity index (χ1n) is 7.30. The molecule has 1 fully saturated rings. The predicted octanol–water partition coefficient (Wildman–Crippen LogP) is 1.09. The number of nitrogens with zero attached hydrogens (tertiary/aromatic N) is 1. The summed E-state index contributed by atoms with van der Waals surface area (Å²) < 4.78 is 5.28. The third kappa shape index (κ3) is 4.68. The van der Waals surface area contributed by atoms with Crippen LogP contribution in [0.1, 0.15) is 42.7 Å². The highest BCUT2D eigenvalue weighted by Gasteiger charge is 2.26. The van der Waals surface area contributed by atoms with Crippen molar-refractivity contribution in [2.75, 3.05) is 14.2 Å². The van der Waals surface area contributed by atoms with Crippen LogP contribution in [-0.2, 0) is 6.54 Å². The van der Waals surface area contributed by atoms with Crippen LogP contribution in [-0.4, -0.2) is 42.3 Å². The standard InChI is InChI=1S/C13H19N3O3.C2H6/c1-14-13(18)11-5-12(19-2)8(7-16-11)6-15-9-3-10(17)4-9;1-2/h5,7,9-10,15,17H,3-4,6H2,1-2H3,(H,14,18);1-2H3. The lowest BCUT2D eigenvalue weighted by Gasteiger charge is -2.32. The number of aromatic nitrogens is 1. The van der Waals surface area contributed by atoms with E-state index in [0.29, 0.717) is 24.0 Å². The van der Waals surface area contributed by atoms with Gasteiger partial charge in [0.15, 0.2) is 0 Å². The number of hydrogen-bond donors (Lipinski definition) is 3. The van der Waals surface area contributed by atoms with Crippen molar-refractivity contribution in [1.29, 1.82) is 0 Å². The molecule has 2 rings (SSSR count). The zero-order chi connectivity index (χ0) is 15.8. The molecule has 118 valence electrons. The fourth-order valence-corrected chi connectivity index (χ4v) is 2.05. The topological polar surface area (TPSA) is 83.5 Å². The van der Waals surface area contributed by atoms with E-state index >= 15 is 0 Å². The van der Waals surface area contributed by atoms with Gasteiger partial charge in [-0.15, -0.1) is 0 Å². The maximum Gasteiger partial charge on any atom is 0.269 e. The molecule has 1 heterocycles. The van der Waals surface area contributed by atoms with E-state index in [1.54, 1.807) is 26.4 Å². The normalized spacial score (nSPS) is 19.9. The van der Waals surface area contributed by atoms with E-state index in [1.807, 2.05) is 13.8 Å². The Morgan fingerprint density at radius 3 is 2.67 bits per heavy atom. The number of amides is 1. The van der Waals surface area contributed by atoms with Gasteiger partial charge in [0.05, 0.1) is 13.2 Å². The Balaban J connectivity index is 0.00000106. The molecular formula is C15H25N3O3. The highest BCUT2D eigenvalue weighted by Crippen LogP contribution is 2.22. The van der Waals surface area contributed by atoms with Crippen molar-refractivity contribution in [2.24, 2.45) is 0 Å². The highest BCUT2D eigenvalue weighted by atomic mass is 16.5. The minimum Gasteiger partial charge on any atom is -0.496 e. The number of hydrogen-bond acceptors (Lipinski definition) is 5. The van der Waals surface area contributed by atoms with Crippen LogP contribution in [0.15, 0.2) is 12.3 Å². The molecule has 6 nitrogen and oxygen atoms in total. The Morgan fingerprint density at radius 2 is 2.14 bits per heavy atom. The first kappa shape index (κ1) is 17.4. The smallest absolute Gasteiger partial charge is 0.269 e. The summed E-state index contributed by atoms with van der Waals surface area (Å²) in [6.45, 7) is 4.61. The van der Waals surface area contributed by atoms with Crippen LogP contribution in [0.3, 0.4) is 0 Å². The van der Waals surface area contributed by atoms with Crippen molar-refractivity contribution < 1.29 is 14.6 Å². The molecule has 0 spiro atoms. The molecule has 0 atom stereocenters. The molecule has 1 saturated carbocycles. The lowest BCUT2D eigenvalue weighted by Crippen LogP contribution is -2.43. The molecule has 0 aromatic carbocycles. The van der Waals surface area contributed by atoms with Gasteiger partial charge in [-0.2, -0.15) is 0 Å². The summed E-state index contributed by atoms with van der Waals surface area (Å²) in [5.74, 6) is 0.404. The van der Waals surface area contributed by atoms with Gasteiger partial charge in [0.2, 0.25) is 0 Å². The van der Waals surface area contributed by atoms with Gasteiger partial charge >= 0.3 is 0 Å². The van der Waals surface area contributed by atoms with E-state index in [0.717, 1.165) is 18.4 Å². The lowest BCUT2D eigenvalue weighted by molar-refractivity contribution is 0.0618. The van der Waals surface area contributed by atoms with Crippen LogP contribution in [0.25, 0.3) is 0 Å². The van der Waals surface area contributed by atoms with Crippen molar-refractivity contribution >= 4 is 5.91 Å². The quantitative estimate of drug-likeness (QED) is 0.757. The van der Waals surface area contributed by atoms with E-state index in [9.17, 15) is 9.90 Å². The molecule has 21 heavy (non-hydrogen) atoms. The van der Waals surface area contributed by atoms with Gasteiger partial charge in [-0.1, -0.05) is 13.8 Å². The number of ether oxygens (including phenoxy) is 1. The van der Waals surface area contributed by atoms with E-state index < -0.39 is 0 Å². The van der Waals surface area contributed by atoms with Gasteiger partial charge in [0.25, 0.3) is 5.91 Å². The van der Waals surface area contributed by atoms with Crippen LogP contribution in [0.5, 0.6) is 5.75 Å². The van der Waals surface area contributed by atoms with Gasteiger partial charge in [0.1, 0.15) is 11.4 Å². The van der Waals surface area contributed by atoms with Gasteiger partial charge in [-0.05, 0) is 12.8 Å². The molecule has 0 aliphatic heterocycles. The van der Waals surface area contributed by atoms with Crippen LogP contribution < -0.4 is 15.4 Å². The summed E-state index contributed by atoms with van der Waals surface area (Å²) in [5.41, 5.74) is 1.23. The van der Waals surface area contributed by atoms with Gasteiger partial charge in [-0.25, -0.2) is 0 Å². The van der Waals surface area contributed by atoms with Crippen LogP contribution in [0, 0.1) is 0 Å². The number of methoxy groups -OCH3 is 1. The fourth-order valence-electron chi connectivity index (χ4n) is 2.05. The molecule has 6 heteroatoms. The second kappa shape index (κ2) is 8.59. The third-order valence-corrected chi connectivity index (χ3v) is 3.32. The summed E-state index contributed by atoms with van der Waals surface area (Å²) in [6, 6.07) is 1.98. The zero-order valence-electron chi connectivity index (χ0n) is 13.1. The van der Waals surface area contributed by atoms with E-state index in [1.165, 1.54) is 0 Å². The van der Waals surface area contributed by atoms with Crippen LogP contribution in [0.4, 0.5) is 0 Å². The molecule has 0 unspecified atom stereocenters. The van der Waals surface area contributed by atoms with Crippen molar-refractivity contribution in [3.05, 3.63) is 23.5 Å². The number of pyridine rings is 1. The maximum atomic E-state index is 11.5. The Labute approximate surface area is 125 Å². The van der Waals surface area contributed by atoms with Crippen LogP contribution >= 0.6 is 0 Å². The first-order valence-corrected chi connectivity index (χ1v) is 7.30. The largest absolute Gasteiger partial charge is 0.496 e. The predicted molar refractivity (Wildman–Crippen MR) is 81.4 cm³/mol. The molecule has 0 saturated heterocycles.